The van der Waals surface area contributed by atoms with Gasteiger partial charge in [0.2, 0.25) is 0 Å². The van der Waals surface area contributed by atoms with Crippen molar-refractivity contribution in [3.05, 3.63) is 108 Å². The first-order valence-corrected chi connectivity index (χ1v) is 11.2. The molecule has 33 heavy (non-hydrogen) atoms. The minimum Gasteiger partial charge on any atom is -0.466 e. The van der Waals surface area contributed by atoms with Gasteiger partial charge in [0.15, 0.2) is 0 Å². The summed E-state index contributed by atoms with van der Waals surface area (Å²) in [6, 6.07) is 29.9. The van der Waals surface area contributed by atoms with Crippen molar-refractivity contribution in [1.29, 1.82) is 0 Å². The maximum absolute atomic E-state index is 12.1. The number of hydrogen-bond donors (Lipinski definition) is 1. The topological polar surface area (TPSA) is 72.8 Å². The van der Waals surface area contributed by atoms with Crippen LogP contribution in [-0.4, -0.2) is 36.2 Å². The van der Waals surface area contributed by atoms with Gasteiger partial charge in [-0.3, -0.25) is 9.59 Å². The SMILES string of the molecule is CCOC(=O)CC(=O)CC(O)CCOC(c1ccccc1)(c1ccccc1)c1ccccc1. The normalized spacial score (nSPS) is 12.2. The summed E-state index contributed by atoms with van der Waals surface area (Å²) in [6.45, 7) is 2.13. The van der Waals surface area contributed by atoms with Gasteiger partial charge in [-0.1, -0.05) is 91.0 Å². The van der Waals surface area contributed by atoms with Gasteiger partial charge in [0, 0.05) is 6.42 Å². The van der Waals surface area contributed by atoms with Crippen molar-refractivity contribution in [2.45, 2.75) is 37.9 Å². The van der Waals surface area contributed by atoms with Gasteiger partial charge in [0.1, 0.15) is 17.8 Å². The van der Waals surface area contributed by atoms with E-state index in [-0.39, 0.29) is 38.3 Å². The highest BCUT2D eigenvalue weighted by Gasteiger charge is 2.37. The van der Waals surface area contributed by atoms with E-state index in [1.807, 2.05) is 91.0 Å². The first kappa shape index (κ1) is 24.4. The van der Waals surface area contributed by atoms with Crippen molar-refractivity contribution >= 4 is 11.8 Å². The number of hydrogen-bond acceptors (Lipinski definition) is 5. The number of ketones is 1. The van der Waals surface area contributed by atoms with Crippen LogP contribution in [-0.2, 0) is 24.7 Å². The van der Waals surface area contributed by atoms with Crippen molar-refractivity contribution in [3.63, 3.8) is 0 Å². The molecule has 0 aliphatic heterocycles. The number of aliphatic hydroxyl groups excluding tert-OH is 1. The Labute approximate surface area is 195 Å². The molecular weight excluding hydrogens is 416 g/mol. The summed E-state index contributed by atoms with van der Waals surface area (Å²) in [6.07, 6.45) is -1.10. The van der Waals surface area contributed by atoms with E-state index in [1.165, 1.54) is 0 Å². The molecule has 5 heteroatoms. The lowest BCUT2D eigenvalue weighted by atomic mass is 9.80. The van der Waals surface area contributed by atoms with E-state index in [9.17, 15) is 14.7 Å². The number of ether oxygens (including phenoxy) is 2. The molecule has 0 aliphatic rings. The Bertz CT molecular complexity index is 906. The largest absolute Gasteiger partial charge is 0.466 e. The maximum Gasteiger partial charge on any atom is 0.313 e. The molecule has 0 saturated carbocycles. The highest BCUT2D eigenvalue weighted by Crippen LogP contribution is 2.40. The fourth-order valence-corrected chi connectivity index (χ4v) is 3.93. The smallest absolute Gasteiger partial charge is 0.313 e. The molecule has 0 radical (unpaired) electrons. The van der Waals surface area contributed by atoms with Crippen molar-refractivity contribution < 1.29 is 24.2 Å². The first-order chi connectivity index (χ1) is 16.1. The van der Waals surface area contributed by atoms with Crippen LogP contribution in [0.2, 0.25) is 0 Å². The van der Waals surface area contributed by atoms with E-state index in [2.05, 4.69) is 0 Å². The van der Waals surface area contributed by atoms with Gasteiger partial charge in [0.05, 0.1) is 19.3 Å². The molecule has 1 N–H and O–H groups in total. The summed E-state index contributed by atoms with van der Waals surface area (Å²) in [4.78, 5) is 23.6. The molecule has 0 fully saturated rings. The van der Waals surface area contributed by atoms with Crippen LogP contribution in [0.5, 0.6) is 0 Å². The molecule has 172 valence electrons. The van der Waals surface area contributed by atoms with Gasteiger partial charge in [0.25, 0.3) is 0 Å². The molecule has 0 bridgehead atoms. The zero-order chi connectivity index (χ0) is 23.5. The fraction of sp³-hybridized carbons (Fsp3) is 0.286. The lowest BCUT2D eigenvalue weighted by Gasteiger charge is -2.36. The molecule has 3 aromatic carbocycles. The van der Waals surface area contributed by atoms with Gasteiger partial charge < -0.3 is 14.6 Å². The number of carbonyl (C=O) groups excluding carboxylic acids is 2. The minimum absolute atomic E-state index is 0.114. The quantitative estimate of drug-likeness (QED) is 0.249. The summed E-state index contributed by atoms with van der Waals surface area (Å²) >= 11 is 0. The van der Waals surface area contributed by atoms with E-state index in [1.54, 1.807) is 6.92 Å². The summed E-state index contributed by atoms with van der Waals surface area (Å²) in [5, 5.41) is 10.4. The third-order valence-electron chi connectivity index (χ3n) is 5.42. The molecular formula is C28H30O5. The molecule has 5 nitrogen and oxygen atoms in total. The number of benzene rings is 3. The molecule has 0 heterocycles. The number of aliphatic hydroxyl groups is 1. The maximum atomic E-state index is 12.1. The van der Waals surface area contributed by atoms with Crippen molar-refractivity contribution in [2.75, 3.05) is 13.2 Å². The van der Waals surface area contributed by atoms with Gasteiger partial charge in [-0.25, -0.2) is 0 Å². The summed E-state index contributed by atoms with van der Waals surface area (Å²) in [5.41, 5.74) is 2.03. The number of esters is 1. The number of rotatable bonds is 12. The third-order valence-corrected chi connectivity index (χ3v) is 5.42. The second kappa shape index (κ2) is 12.1. The standard InChI is InChI=1S/C28H30O5/c1-2-32-27(31)21-26(30)20-25(29)18-19-33-28(22-12-6-3-7-13-22,23-14-8-4-9-15-23)24-16-10-5-11-17-24/h3-17,25,29H,2,18-21H2,1H3. The minimum atomic E-state index is -0.910. The third kappa shape index (κ3) is 6.37. The van der Waals surface area contributed by atoms with Crippen LogP contribution in [0.25, 0.3) is 0 Å². The molecule has 0 amide bonds. The molecule has 3 aromatic rings. The highest BCUT2D eigenvalue weighted by molar-refractivity contribution is 5.95. The Morgan fingerprint density at radius 3 is 1.70 bits per heavy atom. The summed E-state index contributed by atoms with van der Waals surface area (Å²) < 4.78 is 11.4. The zero-order valence-corrected chi connectivity index (χ0v) is 18.9. The Morgan fingerprint density at radius 2 is 1.27 bits per heavy atom. The fourth-order valence-electron chi connectivity index (χ4n) is 3.93. The average molecular weight is 447 g/mol. The van der Waals surface area contributed by atoms with Crippen LogP contribution in [0.1, 0.15) is 42.9 Å². The molecule has 0 aliphatic carbocycles. The Kier molecular flexibility index (Phi) is 8.93. The van der Waals surface area contributed by atoms with Crippen molar-refractivity contribution in [3.8, 4) is 0 Å². The lowest BCUT2D eigenvalue weighted by molar-refractivity contribution is -0.145. The van der Waals surface area contributed by atoms with Gasteiger partial charge >= 0.3 is 5.97 Å². The van der Waals surface area contributed by atoms with Gasteiger partial charge in [-0.15, -0.1) is 0 Å². The van der Waals surface area contributed by atoms with Gasteiger partial charge in [-0.05, 0) is 30.0 Å². The lowest BCUT2D eigenvalue weighted by Crippen LogP contribution is -2.34. The Morgan fingerprint density at radius 1 is 0.818 bits per heavy atom. The summed E-state index contributed by atoms with van der Waals surface area (Å²) in [5.74, 6) is -0.913. The highest BCUT2D eigenvalue weighted by atomic mass is 16.5. The zero-order valence-electron chi connectivity index (χ0n) is 18.9. The average Bonchev–Trinajstić information content (AvgIpc) is 2.83. The van der Waals surface area contributed by atoms with Crippen molar-refractivity contribution in [2.24, 2.45) is 0 Å². The predicted octanol–water partition coefficient (Wildman–Crippen LogP) is 4.66. The number of Topliss-reactive ketones (excluding diaryl/α,β-unsaturated/α-hetero) is 1. The Hall–Kier alpha value is -3.28. The molecule has 1 atom stereocenters. The van der Waals surface area contributed by atoms with Crippen LogP contribution < -0.4 is 0 Å². The number of carbonyl (C=O) groups is 2. The molecule has 0 spiro atoms. The summed E-state index contributed by atoms with van der Waals surface area (Å²) in [7, 11) is 0. The van der Waals surface area contributed by atoms with Crippen molar-refractivity contribution in [1.82, 2.24) is 0 Å². The molecule has 0 aromatic heterocycles. The van der Waals surface area contributed by atoms with Crippen LogP contribution >= 0.6 is 0 Å². The first-order valence-electron chi connectivity index (χ1n) is 11.2. The molecule has 1 unspecified atom stereocenters. The van der Waals surface area contributed by atoms with Crippen LogP contribution in [0.15, 0.2) is 91.0 Å². The van der Waals surface area contributed by atoms with E-state index >= 15 is 0 Å². The van der Waals surface area contributed by atoms with E-state index in [0.29, 0.717) is 0 Å². The second-order valence-electron chi connectivity index (χ2n) is 7.79. The van der Waals surface area contributed by atoms with Crippen LogP contribution in [0.3, 0.4) is 0 Å². The monoisotopic (exact) mass is 446 g/mol. The second-order valence-corrected chi connectivity index (χ2v) is 7.79. The van der Waals surface area contributed by atoms with Crippen LogP contribution in [0.4, 0.5) is 0 Å². The van der Waals surface area contributed by atoms with Crippen LogP contribution in [0, 0.1) is 0 Å². The Balaban J connectivity index is 1.81. The van der Waals surface area contributed by atoms with E-state index < -0.39 is 17.7 Å². The van der Waals surface area contributed by atoms with E-state index in [4.69, 9.17) is 9.47 Å². The molecule has 0 saturated heterocycles. The predicted molar refractivity (Wildman–Crippen MR) is 127 cm³/mol. The van der Waals surface area contributed by atoms with Gasteiger partial charge in [-0.2, -0.15) is 0 Å². The van der Waals surface area contributed by atoms with E-state index in [0.717, 1.165) is 16.7 Å². The molecule has 3 rings (SSSR count).